The number of nitrogen functional groups attached to an aromatic ring is 1. The number of Topliss-reactive ketones (excluding diaryl/α,β-unsaturated/α-hetero) is 1. The second-order valence-electron chi connectivity index (χ2n) is 8.07. The summed E-state index contributed by atoms with van der Waals surface area (Å²) in [5.74, 6) is -0.256. The third-order valence-corrected chi connectivity index (χ3v) is 5.63. The van der Waals surface area contributed by atoms with E-state index in [9.17, 15) is 9.90 Å². The normalized spacial score (nSPS) is 15.8. The number of carbonyl (C=O) groups excluding carboxylic acids is 1. The van der Waals surface area contributed by atoms with Crippen LogP contribution in [-0.4, -0.2) is 40.0 Å². The number of hydrogen-bond acceptors (Lipinski definition) is 5. The van der Waals surface area contributed by atoms with Crippen LogP contribution in [0.4, 0.5) is 10.2 Å². The fourth-order valence-corrected chi connectivity index (χ4v) is 3.81. The molecule has 156 valence electrons. The number of likely N-dealkylation sites (tertiary alicyclic amines) is 1. The predicted octanol–water partition coefficient (Wildman–Crippen LogP) is 3.83. The van der Waals surface area contributed by atoms with Crippen molar-refractivity contribution in [2.24, 2.45) is 5.92 Å². The van der Waals surface area contributed by atoms with Gasteiger partial charge in [0.1, 0.15) is 11.6 Å². The molecule has 2 aromatic rings. The molecule has 1 aliphatic rings. The van der Waals surface area contributed by atoms with Crippen LogP contribution in [0.25, 0.3) is 11.3 Å². The SMILES string of the molecule is CCc1c(C(=O)C(C)C)ccc(-c2ccc(CN3CCC(O)CC3)c(N)n2)c1F. The molecule has 0 amide bonds. The van der Waals surface area contributed by atoms with Gasteiger partial charge in [-0.15, -0.1) is 0 Å². The molecule has 0 radical (unpaired) electrons. The third kappa shape index (κ3) is 4.65. The molecular weight excluding hydrogens is 369 g/mol. The van der Waals surface area contributed by atoms with E-state index in [0.717, 1.165) is 31.5 Å². The van der Waals surface area contributed by atoms with E-state index in [1.807, 2.05) is 26.8 Å². The molecule has 5 nitrogen and oxygen atoms in total. The first kappa shape index (κ1) is 21.4. The Balaban J connectivity index is 1.87. The van der Waals surface area contributed by atoms with Crippen LogP contribution in [-0.2, 0) is 13.0 Å². The number of rotatable bonds is 6. The minimum absolute atomic E-state index is 0.0539. The van der Waals surface area contributed by atoms with Gasteiger partial charge in [0.25, 0.3) is 0 Å². The fraction of sp³-hybridized carbons (Fsp3) is 0.478. The van der Waals surface area contributed by atoms with Crippen LogP contribution in [0.15, 0.2) is 24.3 Å². The summed E-state index contributed by atoms with van der Waals surface area (Å²) in [5.41, 5.74) is 8.78. The number of nitrogens with zero attached hydrogens (tertiary/aromatic N) is 2. The zero-order valence-corrected chi connectivity index (χ0v) is 17.4. The molecule has 3 rings (SSSR count). The van der Waals surface area contributed by atoms with Crippen LogP contribution in [0.1, 0.15) is 55.1 Å². The molecule has 1 saturated heterocycles. The van der Waals surface area contributed by atoms with Gasteiger partial charge in [0.2, 0.25) is 0 Å². The molecule has 6 heteroatoms. The largest absolute Gasteiger partial charge is 0.393 e. The maximum atomic E-state index is 15.2. The Hall–Kier alpha value is -2.31. The van der Waals surface area contributed by atoms with Crippen molar-refractivity contribution in [3.63, 3.8) is 0 Å². The Bertz CT molecular complexity index is 890. The average Bonchev–Trinajstić information content (AvgIpc) is 2.70. The van der Waals surface area contributed by atoms with E-state index in [4.69, 9.17) is 5.73 Å². The highest BCUT2D eigenvalue weighted by Gasteiger charge is 2.21. The summed E-state index contributed by atoms with van der Waals surface area (Å²) >= 11 is 0. The van der Waals surface area contributed by atoms with Gasteiger partial charge in [-0.3, -0.25) is 9.69 Å². The second kappa shape index (κ2) is 9.01. The number of pyridine rings is 1. The number of anilines is 1. The zero-order chi connectivity index (χ0) is 21.1. The Morgan fingerprint density at radius 3 is 2.55 bits per heavy atom. The summed E-state index contributed by atoms with van der Waals surface area (Å²) in [7, 11) is 0. The van der Waals surface area contributed by atoms with Crippen molar-refractivity contribution in [1.82, 2.24) is 9.88 Å². The first-order valence-electron chi connectivity index (χ1n) is 10.3. The number of halogens is 1. The van der Waals surface area contributed by atoms with Crippen molar-refractivity contribution < 1.29 is 14.3 Å². The van der Waals surface area contributed by atoms with Gasteiger partial charge in [-0.1, -0.05) is 32.9 Å². The van der Waals surface area contributed by atoms with Crippen molar-refractivity contribution in [3.8, 4) is 11.3 Å². The predicted molar refractivity (Wildman–Crippen MR) is 113 cm³/mol. The van der Waals surface area contributed by atoms with Gasteiger partial charge in [-0.25, -0.2) is 9.37 Å². The van der Waals surface area contributed by atoms with Gasteiger partial charge >= 0.3 is 0 Å². The average molecular weight is 400 g/mol. The summed E-state index contributed by atoms with van der Waals surface area (Å²) < 4.78 is 15.2. The molecule has 1 fully saturated rings. The highest BCUT2D eigenvalue weighted by atomic mass is 19.1. The lowest BCUT2D eigenvalue weighted by molar-refractivity contribution is 0.0793. The summed E-state index contributed by atoms with van der Waals surface area (Å²) in [6.07, 6.45) is 1.74. The van der Waals surface area contributed by atoms with Crippen molar-refractivity contribution in [1.29, 1.82) is 0 Å². The number of piperidine rings is 1. The lowest BCUT2D eigenvalue weighted by Gasteiger charge is -2.29. The molecule has 3 N–H and O–H groups in total. The maximum Gasteiger partial charge on any atom is 0.165 e. The van der Waals surface area contributed by atoms with Gasteiger partial charge in [0.15, 0.2) is 5.78 Å². The van der Waals surface area contributed by atoms with Crippen molar-refractivity contribution in [2.75, 3.05) is 18.8 Å². The number of benzene rings is 1. The molecule has 0 atom stereocenters. The molecule has 2 heterocycles. The number of ketones is 1. The summed E-state index contributed by atoms with van der Waals surface area (Å²) in [6.45, 7) is 7.79. The standard InChI is InChI=1S/C23H30FN3O2/c1-4-17-18(22(29)14(2)3)6-7-19(21(17)24)20-8-5-15(23(25)26-20)13-27-11-9-16(28)10-12-27/h5-8,14,16,28H,4,9-13H2,1-3H3,(H2,25,26). The smallest absolute Gasteiger partial charge is 0.165 e. The summed E-state index contributed by atoms with van der Waals surface area (Å²) in [6, 6.07) is 7.00. The van der Waals surface area contributed by atoms with E-state index in [-0.39, 0.29) is 17.8 Å². The van der Waals surface area contributed by atoms with Crippen molar-refractivity contribution in [3.05, 3.63) is 46.8 Å². The Morgan fingerprint density at radius 2 is 1.97 bits per heavy atom. The highest BCUT2D eigenvalue weighted by Crippen LogP contribution is 2.29. The fourth-order valence-electron chi connectivity index (χ4n) is 3.81. The van der Waals surface area contributed by atoms with E-state index >= 15 is 4.39 Å². The van der Waals surface area contributed by atoms with Crippen LogP contribution >= 0.6 is 0 Å². The minimum atomic E-state index is -0.399. The monoisotopic (exact) mass is 399 g/mol. The van der Waals surface area contributed by atoms with Gasteiger partial charge in [0, 0.05) is 42.2 Å². The first-order valence-corrected chi connectivity index (χ1v) is 10.3. The molecule has 29 heavy (non-hydrogen) atoms. The molecule has 0 bridgehead atoms. The number of aliphatic hydroxyl groups excluding tert-OH is 1. The molecule has 0 spiro atoms. The van der Waals surface area contributed by atoms with Crippen LogP contribution in [0, 0.1) is 11.7 Å². The van der Waals surface area contributed by atoms with Gasteiger partial charge in [-0.2, -0.15) is 0 Å². The number of aliphatic hydroxyl groups is 1. The van der Waals surface area contributed by atoms with E-state index in [2.05, 4.69) is 9.88 Å². The number of hydrogen-bond donors (Lipinski definition) is 2. The molecule has 0 unspecified atom stereocenters. The number of carbonyl (C=O) groups is 1. The molecular formula is C23H30FN3O2. The topological polar surface area (TPSA) is 79.5 Å². The second-order valence-corrected chi connectivity index (χ2v) is 8.07. The molecule has 1 aliphatic heterocycles. The summed E-state index contributed by atoms with van der Waals surface area (Å²) in [5, 5.41) is 9.64. The Labute approximate surface area is 171 Å². The zero-order valence-electron chi connectivity index (χ0n) is 17.4. The van der Waals surface area contributed by atoms with E-state index in [1.165, 1.54) is 0 Å². The van der Waals surface area contributed by atoms with Gasteiger partial charge < -0.3 is 10.8 Å². The van der Waals surface area contributed by atoms with Gasteiger partial charge in [-0.05, 0) is 37.0 Å². The number of aromatic nitrogens is 1. The minimum Gasteiger partial charge on any atom is -0.393 e. The lowest BCUT2D eigenvalue weighted by atomic mass is 9.92. The van der Waals surface area contributed by atoms with E-state index < -0.39 is 5.82 Å². The van der Waals surface area contributed by atoms with Crippen LogP contribution in [0.2, 0.25) is 0 Å². The molecule has 1 aromatic heterocycles. The van der Waals surface area contributed by atoms with Crippen LogP contribution < -0.4 is 5.73 Å². The maximum absolute atomic E-state index is 15.2. The molecule has 0 aliphatic carbocycles. The molecule has 0 saturated carbocycles. The molecule has 1 aromatic carbocycles. The first-order chi connectivity index (χ1) is 13.8. The van der Waals surface area contributed by atoms with E-state index in [0.29, 0.717) is 41.2 Å². The summed E-state index contributed by atoms with van der Waals surface area (Å²) in [4.78, 5) is 19.1. The number of nitrogens with two attached hydrogens (primary N) is 1. The Morgan fingerprint density at radius 1 is 1.28 bits per heavy atom. The van der Waals surface area contributed by atoms with Gasteiger partial charge in [0.05, 0.1) is 11.8 Å². The van der Waals surface area contributed by atoms with E-state index in [1.54, 1.807) is 18.2 Å². The van der Waals surface area contributed by atoms with Crippen molar-refractivity contribution in [2.45, 2.75) is 52.7 Å². The van der Waals surface area contributed by atoms with Crippen LogP contribution in [0.3, 0.4) is 0 Å². The Kier molecular flexibility index (Phi) is 6.65. The van der Waals surface area contributed by atoms with Crippen molar-refractivity contribution >= 4 is 11.6 Å². The quantitative estimate of drug-likeness (QED) is 0.722. The third-order valence-electron chi connectivity index (χ3n) is 5.63. The lowest BCUT2D eigenvalue weighted by Crippen LogP contribution is -2.35. The highest BCUT2D eigenvalue weighted by molar-refractivity contribution is 5.99. The van der Waals surface area contributed by atoms with Crippen LogP contribution in [0.5, 0.6) is 0 Å².